The van der Waals surface area contributed by atoms with Crippen LogP contribution < -0.4 is 24.8 Å². The number of anilines is 2. The quantitative estimate of drug-likeness (QED) is 0.0571. The highest BCUT2D eigenvalue weighted by molar-refractivity contribution is 6.70. The van der Waals surface area contributed by atoms with E-state index in [4.69, 9.17) is 37.4 Å². The molecule has 246 valence electrons. The number of halogens is 2. The van der Waals surface area contributed by atoms with Crippen molar-refractivity contribution in [3.05, 3.63) is 78.4 Å². The van der Waals surface area contributed by atoms with Gasteiger partial charge in [0.25, 0.3) is 16.1 Å². The molecule has 10 heteroatoms. The zero-order valence-electron chi connectivity index (χ0n) is 26.2. The van der Waals surface area contributed by atoms with Gasteiger partial charge in [-0.2, -0.15) is 0 Å². The predicted octanol–water partition coefficient (Wildman–Crippen LogP) is 9.11. The van der Waals surface area contributed by atoms with E-state index < -0.39 is 28.0 Å². The van der Waals surface area contributed by atoms with Crippen LogP contribution in [-0.4, -0.2) is 34.8 Å². The van der Waals surface area contributed by atoms with E-state index in [9.17, 15) is 14.4 Å². The molecule has 0 radical (unpaired) electrons. The van der Waals surface area contributed by atoms with Crippen LogP contribution in [0.25, 0.3) is 0 Å². The Labute approximate surface area is 281 Å². The monoisotopic (exact) mass is 668 g/mol. The number of hydrogen-bond donors (Lipinski definition) is 2. The Hall–Kier alpha value is -3.75. The third-order valence-corrected chi connectivity index (χ3v) is 8.42. The highest BCUT2D eigenvalue weighted by atomic mass is 35.5. The number of ketones is 1. The first-order valence-electron chi connectivity index (χ1n) is 16.0. The standard InChI is InChI=1S/C36H42Cl2N2O6/c1-2-3-4-5-6-7-8-9-10-17-22-30(46-28-20-15-12-16-21-28)34(42)40-29-23-26(24-31-32(29)45-25-44-31)33(41)36(37,38)35(43)39-27-18-13-11-14-19-27/h11-16,18-21,23-24,30H,2-10,17,22,25H2,1H3,(H,39,43)(H,40,42). The number of rotatable bonds is 19. The van der Waals surface area contributed by atoms with Crippen LogP contribution in [0, 0.1) is 0 Å². The van der Waals surface area contributed by atoms with Crippen molar-refractivity contribution in [1.29, 1.82) is 0 Å². The molecule has 1 unspecified atom stereocenters. The van der Waals surface area contributed by atoms with Gasteiger partial charge in [0, 0.05) is 11.3 Å². The zero-order chi connectivity index (χ0) is 32.8. The van der Waals surface area contributed by atoms with Gasteiger partial charge in [0.2, 0.25) is 12.6 Å². The highest BCUT2D eigenvalue weighted by Gasteiger charge is 2.43. The minimum Gasteiger partial charge on any atom is -0.481 e. The summed E-state index contributed by atoms with van der Waals surface area (Å²) >= 11 is 12.7. The lowest BCUT2D eigenvalue weighted by molar-refractivity contribution is -0.123. The van der Waals surface area contributed by atoms with Gasteiger partial charge in [-0.15, -0.1) is 0 Å². The first-order chi connectivity index (χ1) is 22.3. The fourth-order valence-corrected chi connectivity index (χ4v) is 5.50. The minimum absolute atomic E-state index is 0.0389. The van der Waals surface area contributed by atoms with Crippen LogP contribution in [0.15, 0.2) is 72.8 Å². The molecule has 3 aromatic rings. The fourth-order valence-electron chi connectivity index (χ4n) is 5.19. The Balaban J connectivity index is 1.43. The lowest BCUT2D eigenvalue weighted by Gasteiger charge is -2.21. The van der Waals surface area contributed by atoms with Crippen LogP contribution >= 0.6 is 23.2 Å². The molecule has 4 rings (SSSR count). The number of fused-ring (bicyclic) bond motifs is 1. The average molecular weight is 670 g/mol. The smallest absolute Gasteiger partial charge is 0.269 e. The Morgan fingerprint density at radius 2 is 1.41 bits per heavy atom. The molecule has 2 amide bonds. The van der Waals surface area contributed by atoms with Gasteiger partial charge >= 0.3 is 0 Å². The van der Waals surface area contributed by atoms with Crippen LogP contribution in [-0.2, 0) is 9.59 Å². The molecule has 1 aliphatic rings. The molecular weight excluding hydrogens is 627 g/mol. The van der Waals surface area contributed by atoms with Crippen LogP contribution in [0.4, 0.5) is 11.4 Å². The number of benzene rings is 3. The molecule has 1 atom stereocenters. The minimum atomic E-state index is -2.46. The lowest BCUT2D eigenvalue weighted by atomic mass is 10.0. The molecule has 0 aliphatic carbocycles. The number of carbonyl (C=O) groups is 3. The van der Waals surface area contributed by atoms with Gasteiger partial charge in [0.1, 0.15) is 5.75 Å². The molecular formula is C36H42Cl2N2O6. The molecule has 0 spiro atoms. The maximum atomic E-state index is 13.7. The molecule has 0 bridgehead atoms. The molecule has 8 nitrogen and oxygen atoms in total. The molecule has 1 aliphatic heterocycles. The van der Waals surface area contributed by atoms with E-state index in [0.29, 0.717) is 17.9 Å². The maximum Gasteiger partial charge on any atom is 0.269 e. The SMILES string of the molecule is CCCCCCCCCCCCC(Oc1ccccc1)C(=O)Nc1cc(C(=O)C(Cl)(Cl)C(=O)Nc2ccccc2)cc2c1OCO2. The molecule has 0 fully saturated rings. The van der Waals surface area contributed by atoms with E-state index in [1.807, 2.05) is 18.2 Å². The summed E-state index contributed by atoms with van der Waals surface area (Å²) in [5, 5.41) is 5.41. The van der Waals surface area contributed by atoms with E-state index in [1.165, 1.54) is 57.1 Å². The number of ether oxygens (including phenoxy) is 3. The third kappa shape index (κ3) is 10.1. The van der Waals surface area contributed by atoms with Gasteiger partial charge in [0.05, 0.1) is 5.69 Å². The molecule has 0 aromatic heterocycles. The number of amides is 2. The first kappa shape index (κ1) is 35.1. The first-order valence-corrected chi connectivity index (χ1v) is 16.8. The number of para-hydroxylation sites is 2. The van der Waals surface area contributed by atoms with Gasteiger partial charge in [0.15, 0.2) is 17.6 Å². The largest absolute Gasteiger partial charge is 0.481 e. The van der Waals surface area contributed by atoms with Crippen LogP contribution in [0.1, 0.15) is 87.9 Å². The number of Topliss-reactive ketones (excluding diaryl/α,β-unsaturated/α-hetero) is 1. The van der Waals surface area contributed by atoms with E-state index in [-0.39, 0.29) is 29.5 Å². The number of hydrogen-bond acceptors (Lipinski definition) is 6. The van der Waals surface area contributed by atoms with Gasteiger partial charge in [-0.1, -0.05) is 124 Å². The van der Waals surface area contributed by atoms with Crippen molar-refractivity contribution in [2.45, 2.75) is 88.0 Å². The summed E-state index contributed by atoms with van der Waals surface area (Å²) in [6.45, 7) is 2.11. The van der Waals surface area contributed by atoms with Crippen LogP contribution in [0.5, 0.6) is 17.2 Å². The Morgan fingerprint density at radius 3 is 2.07 bits per heavy atom. The van der Waals surface area contributed by atoms with Gasteiger partial charge in [-0.25, -0.2) is 0 Å². The van der Waals surface area contributed by atoms with Crippen molar-refractivity contribution in [3.63, 3.8) is 0 Å². The summed E-state index contributed by atoms with van der Waals surface area (Å²) in [5.41, 5.74) is 0.570. The van der Waals surface area contributed by atoms with Gasteiger partial charge in [-0.3, -0.25) is 14.4 Å². The second kappa shape index (κ2) is 17.8. The Kier molecular flexibility index (Phi) is 13.6. The van der Waals surface area contributed by atoms with Crippen molar-refractivity contribution in [2.24, 2.45) is 0 Å². The summed E-state index contributed by atoms with van der Waals surface area (Å²) in [5.74, 6) is -1.17. The van der Waals surface area contributed by atoms with E-state index in [2.05, 4.69) is 17.6 Å². The molecule has 0 saturated carbocycles. The number of alkyl halides is 2. The van der Waals surface area contributed by atoms with Crippen molar-refractivity contribution in [3.8, 4) is 17.2 Å². The maximum absolute atomic E-state index is 13.7. The van der Waals surface area contributed by atoms with Crippen molar-refractivity contribution in [2.75, 3.05) is 17.4 Å². The number of nitrogens with one attached hydrogen (secondary N) is 2. The Bertz CT molecular complexity index is 1440. The zero-order valence-corrected chi connectivity index (χ0v) is 27.7. The predicted molar refractivity (Wildman–Crippen MR) is 182 cm³/mol. The Morgan fingerprint density at radius 1 is 0.804 bits per heavy atom. The average Bonchev–Trinajstić information content (AvgIpc) is 3.55. The second-order valence-electron chi connectivity index (χ2n) is 11.4. The van der Waals surface area contributed by atoms with E-state index in [1.54, 1.807) is 42.5 Å². The molecule has 3 aromatic carbocycles. The van der Waals surface area contributed by atoms with E-state index >= 15 is 0 Å². The summed E-state index contributed by atoms with van der Waals surface area (Å²) in [6.07, 6.45) is 11.5. The number of carbonyl (C=O) groups excluding carboxylic acids is 3. The molecule has 1 heterocycles. The summed E-state index contributed by atoms with van der Waals surface area (Å²) in [4.78, 5) is 40.0. The highest BCUT2D eigenvalue weighted by Crippen LogP contribution is 2.42. The van der Waals surface area contributed by atoms with Crippen LogP contribution in [0.3, 0.4) is 0 Å². The normalized spacial score (nSPS) is 12.8. The van der Waals surface area contributed by atoms with Crippen molar-refractivity contribution >= 4 is 52.2 Å². The van der Waals surface area contributed by atoms with Crippen molar-refractivity contribution in [1.82, 2.24) is 0 Å². The fraction of sp³-hybridized carbons (Fsp3) is 0.417. The number of unbranched alkanes of at least 4 members (excludes halogenated alkanes) is 9. The summed E-state index contributed by atoms with van der Waals surface area (Å²) in [6, 6.07) is 20.4. The topological polar surface area (TPSA) is 103 Å². The third-order valence-electron chi connectivity index (χ3n) is 7.73. The molecule has 46 heavy (non-hydrogen) atoms. The second-order valence-corrected chi connectivity index (χ2v) is 12.7. The van der Waals surface area contributed by atoms with E-state index in [0.717, 1.165) is 19.3 Å². The molecule has 0 saturated heterocycles. The van der Waals surface area contributed by atoms with Gasteiger partial charge in [-0.05, 0) is 49.2 Å². The van der Waals surface area contributed by atoms with Crippen molar-refractivity contribution < 1.29 is 28.6 Å². The summed E-state index contributed by atoms with van der Waals surface area (Å²) < 4.78 is 14.8. The lowest BCUT2D eigenvalue weighted by Crippen LogP contribution is -2.40. The van der Waals surface area contributed by atoms with Gasteiger partial charge < -0.3 is 24.8 Å². The summed E-state index contributed by atoms with van der Waals surface area (Å²) in [7, 11) is 0. The van der Waals surface area contributed by atoms with Crippen LogP contribution in [0.2, 0.25) is 0 Å². The molecule has 2 N–H and O–H groups in total.